The summed E-state index contributed by atoms with van der Waals surface area (Å²) < 4.78 is 24.1. The van der Waals surface area contributed by atoms with Crippen LogP contribution in [0, 0.1) is 5.82 Å². The van der Waals surface area contributed by atoms with Crippen LogP contribution in [0.4, 0.5) is 4.39 Å². The highest BCUT2D eigenvalue weighted by molar-refractivity contribution is 6.30. The molecule has 3 aromatic rings. The third-order valence-electron chi connectivity index (χ3n) is 5.70. The van der Waals surface area contributed by atoms with Crippen molar-refractivity contribution in [3.05, 3.63) is 82.8 Å². The SMILES string of the molecule is O=C(NCc1ccc(F)cc1)c1coc(CN2CCN(CC(O)COc3ccc(Cl)cc3)CC2)n1. The lowest BCUT2D eigenvalue weighted by molar-refractivity contribution is 0.0430. The maximum atomic E-state index is 13.0. The molecule has 4 rings (SSSR count). The lowest BCUT2D eigenvalue weighted by Gasteiger charge is -2.34. The molecule has 2 heterocycles. The Balaban J connectivity index is 1.15. The summed E-state index contributed by atoms with van der Waals surface area (Å²) in [5.41, 5.74) is 1.01. The molecule has 2 aromatic carbocycles. The number of aliphatic hydroxyl groups excluding tert-OH is 1. The Hall–Kier alpha value is -2.98. The zero-order valence-corrected chi connectivity index (χ0v) is 20.0. The number of benzene rings is 2. The van der Waals surface area contributed by atoms with Crippen molar-refractivity contribution < 1.29 is 23.4 Å². The Morgan fingerprint density at radius 3 is 2.51 bits per heavy atom. The smallest absolute Gasteiger partial charge is 0.273 e. The summed E-state index contributed by atoms with van der Waals surface area (Å²) in [6.07, 6.45) is 0.753. The van der Waals surface area contributed by atoms with Crippen molar-refractivity contribution in [3.63, 3.8) is 0 Å². The molecule has 0 spiro atoms. The van der Waals surface area contributed by atoms with Crippen LogP contribution in [0.2, 0.25) is 5.02 Å². The molecular weight excluding hydrogens is 475 g/mol. The van der Waals surface area contributed by atoms with Crippen LogP contribution in [0.1, 0.15) is 21.9 Å². The molecule has 1 amide bonds. The van der Waals surface area contributed by atoms with Gasteiger partial charge < -0.3 is 19.6 Å². The van der Waals surface area contributed by atoms with E-state index in [1.807, 2.05) is 0 Å². The number of amides is 1. The fraction of sp³-hybridized carbons (Fsp3) is 0.360. The minimum atomic E-state index is -0.597. The van der Waals surface area contributed by atoms with Gasteiger partial charge in [0.05, 0.1) is 6.54 Å². The molecule has 0 bridgehead atoms. The Bertz CT molecular complexity index is 1090. The topological polar surface area (TPSA) is 91.1 Å². The summed E-state index contributed by atoms with van der Waals surface area (Å²) >= 11 is 5.87. The first-order valence-corrected chi connectivity index (χ1v) is 11.8. The van der Waals surface area contributed by atoms with Crippen LogP contribution >= 0.6 is 11.6 Å². The number of hydrogen-bond donors (Lipinski definition) is 2. The summed E-state index contributed by atoms with van der Waals surface area (Å²) in [5.74, 6) is 0.486. The summed E-state index contributed by atoms with van der Waals surface area (Å²) in [6.45, 7) is 4.69. The van der Waals surface area contributed by atoms with Crippen molar-refractivity contribution in [1.82, 2.24) is 20.1 Å². The van der Waals surface area contributed by atoms with Crippen molar-refractivity contribution >= 4 is 17.5 Å². The van der Waals surface area contributed by atoms with E-state index in [4.69, 9.17) is 20.8 Å². The van der Waals surface area contributed by atoms with E-state index in [0.717, 1.165) is 31.7 Å². The largest absolute Gasteiger partial charge is 0.491 e. The molecule has 1 unspecified atom stereocenters. The van der Waals surface area contributed by atoms with Crippen LogP contribution in [-0.2, 0) is 13.1 Å². The number of aliphatic hydroxyl groups is 1. The van der Waals surface area contributed by atoms with Crippen LogP contribution in [0.15, 0.2) is 59.2 Å². The van der Waals surface area contributed by atoms with E-state index >= 15 is 0 Å². The number of nitrogens with one attached hydrogen (secondary N) is 1. The van der Waals surface area contributed by atoms with Gasteiger partial charge in [0.2, 0.25) is 5.89 Å². The number of piperazine rings is 1. The Kier molecular flexibility index (Phi) is 8.70. The highest BCUT2D eigenvalue weighted by atomic mass is 35.5. The van der Waals surface area contributed by atoms with E-state index in [0.29, 0.717) is 29.8 Å². The molecular formula is C25H28ClFN4O4. The van der Waals surface area contributed by atoms with Crippen molar-refractivity contribution in [2.75, 3.05) is 39.3 Å². The summed E-state index contributed by atoms with van der Waals surface area (Å²) in [5, 5.41) is 13.7. The van der Waals surface area contributed by atoms with Gasteiger partial charge in [-0.25, -0.2) is 9.37 Å². The predicted octanol–water partition coefficient (Wildman–Crippen LogP) is 2.95. The molecule has 8 nitrogen and oxygen atoms in total. The molecule has 1 fully saturated rings. The van der Waals surface area contributed by atoms with Gasteiger partial charge in [0.25, 0.3) is 5.91 Å². The minimum Gasteiger partial charge on any atom is -0.491 e. The maximum Gasteiger partial charge on any atom is 0.273 e. The van der Waals surface area contributed by atoms with Crippen molar-refractivity contribution in [2.24, 2.45) is 0 Å². The predicted molar refractivity (Wildman–Crippen MR) is 129 cm³/mol. The Morgan fingerprint density at radius 1 is 1.11 bits per heavy atom. The molecule has 1 aromatic heterocycles. The number of oxazole rings is 1. The number of ether oxygens (including phenoxy) is 1. The first-order chi connectivity index (χ1) is 16.9. The first kappa shape index (κ1) is 25.1. The first-order valence-electron chi connectivity index (χ1n) is 11.4. The number of nitrogens with zero attached hydrogens (tertiary/aromatic N) is 3. The van der Waals surface area contributed by atoms with Crippen molar-refractivity contribution in [2.45, 2.75) is 19.2 Å². The lowest BCUT2D eigenvalue weighted by atomic mass is 10.2. The second-order valence-corrected chi connectivity index (χ2v) is 8.87. The third-order valence-corrected chi connectivity index (χ3v) is 5.95. The number of β-amino-alcohol motifs (C(OH)–C–C–N with tert-alkyl or cyclic N) is 1. The average Bonchev–Trinajstić information content (AvgIpc) is 3.33. The van der Waals surface area contributed by atoms with Crippen molar-refractivity contribution in [1.29, 1.82) is 0 Å². The molecule has 1 aliphatic rings. The molecule has 0 radical (unpaired) electrons. The summed E-state index contributed by atoms with van der Waals surface area (Å²) in [7, 11) is 0. The van der Waals surface area contributed by atoms with Gasteiger partial charge in [-0.2, -0.15) is 0 Å². The van der Waals surface area contributed by atoms with Gasteiger partial charge in [-0.15, -0.1) is 0 Å². The number of halogens is 2. The Morgan fingerprint density at radius 2 is 1.80 bits per heavy atom. The van der Waals surface area contributed by atoms with E-state index in [2.05, 4.69) is 20.1 Å². The zero-order valence-electron chi connectivity index (χ0n) is 19.2. The summed E-state index contributed by atoms with van der Waals surface area (Å²) in [4.78, 5) is 21.0. The van der Waals surface area contributed by atoms with Gasteiger partial charge >= 0.3 is 0 Å². The van der Waals surface area contributed by atoms with Crippen LogP contribution in [0.5, 0.6) is 5.75 Å². The monoisotopic (exact) mass is 502 g/mol. The van der Waals surface area contributed by atoms with Gasteiger partial charge in [0.1, 0.15) is 30.5 Å². The maximum absolute atomic E-state index is 13.0. The van der Waals surface area contributed by atoms with E-state index in [9.17, 15) is 14.3 Å². The highest BCUT2D eigenvalue weighted by Crippen LogP contribution is 2.16. The molecule has 0 saturated carbocycles. The van der Waals surface area contributed by atoms with Crippen LogP contribution in [0.25, 0.3) is 0 Å². The average molecular weight is 503 g/mol. The number of carbonyl (C=O) groups excluding carboxylic acids is 1. The molecule has 35 heavy (non-hydrogen) atoms. The van der Waals surface area contributed by atoms with E-state index in [-0.39, 0.29) is 30.6 Å². The molecule has 2 N–H and O–H groups in total. The molecule has 1 atom stereocenters. The number of hydrogen-bond acceptors (Lipinski definition) is 7. The molecule has 1 aliphatic heterocycles. The van der Waals surface area contributed by atoms with Crippen LogP contribution in [0.3, 0.4) is 0 Å². The number of aromatic nitrogens is 1. The van der Waals surface area contributed by atoms with Gasteiger partial charge in [-0.3, -0.25) is 14.6 Å². The minimum absolute atomic E-state index is 0.212. The third kappa shape index (κ3) is 7.76. The number of carbonyl (C=O) groups is 1. The fourth-order valence-electron chi connectivity index (χ4n) is 3.76. The normalized spacial score (nSPS) is 15.6. The molecule has 0 aliphatic carbocycles. The van der Waals surface area contributed by atoms with E-state index in [1.165, 1.54) is 18.4 Å². The van der Waals surface area contributed by atoms with Crippen molar-refractivity contribution in [3.8, 4) is 5.75 Å². The molecule has 1 saturated heterocycles. The standard InChI is InChI=1S/C25H28ClFN4O4/c26-19-3-7-22(8-4-19)34-16-21(32)14-30-9-11-31(12-10-30)15-24-29-23(17-35-24)25(33)28-13-18-1-5-20(27)6-2-18/h1-8,17,21,32H,9-16H2,(H,28,33). The highest BCUT2D eigenvalue weighted by Gasteiger charge is 2.21. The van der Waals surface area contributed by atoms with E-state index < -0.39 is 6.10 Å². The summed E-state index contributed by atoms with van der Waals surface area (Å²) in [6, 6.07) is 13.0. The van der Waals surface area contributed by atoms with Gasteiger partial charge in [0, 0.05) is 44.3 Å². The van der Waals surface area contributed by atoms with E-state index in [1.54, 1.807) is 36.4 Å². The second-order valence-electron chi connectivity index (χ2n) is 8.43. The van der Waals surface area contributed by atoms with Crippen LogP contribution in [-0.4, -0.2) is 71.2 Å². The number of rotatable bonds is 10. The lowest BCUT2D eigenvalue weighted by Crippen LogP contribution is -2.48. The second kappa shape index (κ2) is 12.1. The Labute approximate surface area is 208 Å². The molecule has 10 heteroatoms. The van der Waals surface area contributed by atoms with Gasteiger partial charge in [0.15, 0.2) is 5.69 Å². The van der Waals surface area contributed by atoms with Gasteiger partial charge in [-0.05, 0) is 42.0 Å². The van der Waals surface area contributed by atoms with Gasteiger partial charge in [-0.1, -0.05) is 23.7 Å². The van der Waals surface area contributed by atoms with Crippen LogP contribution < -0.4 is 10.1 Å². The fourth-order valence-corrected chi connectivity index (χ4v) is 3.88. The molecule has 186 valence electrons. The zero-order chi connectivity index (χ0) is 24.6. The quantitative estimate of drug-likeness (QED) is 0.440.